The second-order valence-electron chi connectivity index (χ2n) is 6.40. The van der Waals surface area contributed by atoms with Crippen LogP contribution in [-0.2, 0) is 19.6 Å². The van der Waals surface area contributed by atoms with Crippen LogP contribution in [0.5, 0.6) is 0 Å². The van der Waals surface area contributed by atoms with Crippen molar-refractivity contribution in [1.29, 1.82) is 0 Å². The molecule has 0 saturated heterocycles. The molecule has 1 N–H and O–H groups in total. The van der Waals surface area contributed by atoms with Gasteiger partial charge in [-0.25, -0.2) is 8.42 Å². The molecule has 1 rings (SSSR count). The summed E-state index contributed by atoms with van der Waals surface area (Å²) in [6.07, 6.45) is 2.90. The molecular formula is C18H30N2O4S. The van der Waals surface area contributed by atoms with Gasteiger partial charge in [0.2, 0.25) is 15.9 Å². The zero-order valence-electron chi connectivity index (χ0n) is 15.6. The van der Waals surface area contributed by atoms with E-state index < -0.39 is 10.0 Å². The van der Waals surface area contributed by atoms with Crippen LogP contribution in [0.25, 0.3) is 0 Å². The van der Waals surface area contributed by atoms with Gasteiger partial charge in [-0.05, 0) is 45.7 Å². The van der Waals surface area contributed by atoms with Crippen molar-refractivity contribution in [2.75, 3.05) is 30.3 Å². The first-order valence-corrected chi connectivity index (χ1v) is 10.5. The third-order valence-electron chi connectivity index (χ3n) is 3.58. The predicted molar refractivity (Wildman–Crippen MR) is 101 cm³/mol. The molecule has 1 aromatic carbocycles. The monoisotopic (exact) mass is 370 g/mol. The topological polar surface area (TPSA) is 75.7 Å². The van der Waals surface area contributed by atoms with E-state index in [1.807, 2.05) is 32.9 Å². The average Bonchev–Trinajstić information content (AvgIpc) is 2.51. The highest BCUT2D eigenvalue weighted by Crippen LogP contribution is 2.18. The summed E-state index contributed by atoms with van der Waals surface area (Å²) in [6.45, 7) is 7.36. The van der Waals surface area contributed by atoms with E-state index in [1.54, 1.807) is 12.1 Å². The Morgan fingerprint density at radius 2 is 1.84 bits per heavy atom. The first-order chi connectivity index (χ1) is 11.7. The van der Waals surface area contributed by atoms with E-state index in [0.717, 1.165) is 12.0 Å². The lowest BCUT2D eigenvalue weighted by molar-refractivity contribution is -0.121. The zero-order valence-corrected chi connectivity index (χ0v) is 16.4. The molecule has 0 aliphatic rings. The molecule has 7 heteroatoms. The van der Waals surface area contributed by atoms with Gasteiger partial charge in [-0.2, -0.15) is 0 Å². The molecule has 0 aliphatic carbocycles. The van der Waals surface area contributed by atoms with Gasteiger partial charge < -0.3 is 10.1 Å². The second-order valence-corrected chi connectivity index (χ2v) is 8.30. The lowest BCUT2D eigenvalue weighted by atomic mass is 10.2. The molecule has 6 nitrogen and oxygen atoms in total. The molecule has 0 spiro atoms. The summed E-state index contributed by atoms with van der Waals surface area (Å²) in [5, 5.41) is 2.83. The Bertz CT molecular complexity index is 627. The number of ether oxygens (including phenoxy) is 1. The largest absolute Gasteiger partial charge is 0.379 e. The van der Waals surface area contributed by atoms with Crippen molar-refractivity contribution >= 4 is 21.6 Å². The third kappa shape index (κ3) is 8.88. The number of aryl methyl sites for hydroxylation is 1. The molecule has 0 radical (unpaired) electrons. The Morgan fingerprint density at radius 3 is 2.40 bits per heavy atom. The van der Waals surface area contributed by atoms with Gasteiger partial charge in [-0.3, -0.25) is 9.10 Å². The van der Waals surface area contributed by atoms with Crippen molar-refractivity contribution in [3.05, 3.63) is 29.8 Å². The molecule has 0 heterocycles. The number of carbonyl (C=O) groups is 1. The second kappa shape index (κ2) is 10.4. The van der Waals surface area contributed by atoms with Crippen LogP contribution >= 0.6 is 0 Å². The molecule has 1 amide bonds. The number of hydrogen-bond acceptors (Lipinski definition) is 4. The smallest absolute Gasteiger partial charge is 0.232 e. The highest BCUT2D eigenvalue weighted by Gasteiger charge is 2.17. The summed E-state index contributed by atoms with van der Waals surface area (Å²) in [5.41, 5.74) is 1.69. The highest BCUT2D eigenvalue weighted by molar-refractivity contribution is 7.92. The number of hydrogen-bond donors (Lipinski definition) is 1. The maximum Gasteiger partial charge on any atom is 0.232 e. The minimum Gasteiger partial charge on any atom is -0.379 e. The summed E-state index contributed by atoms with van der Waals surface area (Å²) in [7, 11) is -3.38. The summed E-state index contributed by atoms with van der Waals surface area (Å²) in [5.74, 6) is -0.0677. The molecule has 0 aliphatic heterocycles. The molecule has 0 atom stereocenters. The Balaban J connectivity index is 2.40. The van der Waals surface area contributed by atoms with Crippen molar-refractivity contribution in [2.24, 2.45) is 0 Å². The van der Waals surface area contributed by atoms with Crippen molar-refractivity contribution in [3.8, 4) is 0 Å². The number of nitrogens with zero attached hydrogens (tertiary/aromatic N) is 1. The Labute approximate surface area is 151 Å². The SMILES string of the molecule is Cc1ccc(N(CCCC(=O)NCCCOC(C)C)S(C)(=O)=O)cc1. The molecule has 1 aromatic rings. The Kier molecular flexibility index (Phi) is 8.92. The van der Waals surface area contributed by atoms with Gasteiger partial charge >= 0.3 is 0 Å². The number of nitrogens with one attached hydrogen (secondary N) is 1. The van der Waals surface area contributed by atoms with Crippen LogP contribution in [0.1, 0.15) is 38.7 Å². The molecule has 0 saturated carbocycles. The first-order valence-electron chi connectivity index (χ1n) is 8.63. The maximum atomic E-state index is 12.0. The summed E-state index contributed by atoms with van der Waals surface area (Å²) in [4.78, 5) is 11.8. The van der Waals surface area contributed by atoms with Gasteiger partial charge in [0, 0.05) is 26.1 Å². The summed E-state index contributed by atoms with van der Waals surface area (Å²) in [6, 6.07) is 7.31. The molecule has 0 aromatic heterocycles. The zero-order chi connectivity index (χ0) is 18.9. The highest BCUT2D eigenvalue weighted by atomic mass is 32.2. The molecule has 0 bridgehead atoms. The Morgan fingerprint density at radius 1 is 1.20 bits per heavy atom. The third-order valence-corrected chi connectivity index (χ3v) is 4.78. The van der Waals surface area contributed by atoms with Crippen molar-refractivity contribution in [2.45, 2.75) is 46.1 Å². The fraction of sp³-hybridized carbons (Fsp3) is 0.611. The maximum absolute atomic E-state index is 12.0. The van der Waals surface area contributed by atoms with E-state index >= 15 is 0 Å². The number of anilines is 1. The number of benzene rings is 1. The summed E-state index contributed by atoms with van der Waals surface area (Å²) >= 11 is 0. The van der Waals surface area contributed by atoms with E-state index in [2.05, 4.69) is 5.32 Å². The fourth-order valence-electron chi connectivity index (χ4n) is 2.29. The molecule has 25 heavy (non-hydrogen) atoms. The van der Waals surface area contributed by atoms with Crippen LogP contribution < -0.4 is 9.62 Å². The van der Waals surface area contributed by atoms with Crippen molar-refractivity contribution in [1.82, 2.24) is 5.32 Å². The normalized spacial score (nSPS) is 11.6. The minimum atomic E-state index is -3.38. The van der Waals surface area contributed by atoms with Crippen LogP contribution in [-0.4, -0.2) is 46.4 Å². The Hall–Kier alpha value is -1.60. The van der Waals surface area contributed by atoms with E-state index in [9.17, 15) is 13.2 Å². The molecular weight excluding hydrogens is 340 g/mol. The van der Waals surface area contributed by atoms with Crippen molar-refractivity contribution < 1.29 is 17.9 Å². The standard InChI is InChI=1S/C18H30N2O4S/c1-15(2)24-14-6-12-19-18(21)7-5-13-20(25(4,22)23)17-10-8-16(3)9-11-17/h8-11,15H,5-7,12-14H2,1-4H3,(H,19,21). The minimum absolute atomic E-state index is 0.0677. The number of rotatable bonds is 11. The van der Waals surface area contributed by atoms with E-state index in [0.29, 0.717) is 31.7 Å². The van der Waals surface area contributed by atoms with Crippen LogP contribution in [0.2, 0.25) is 0 Å². The molecule has 0 fully saturated rings. The van der Waals surface area contributed by atoms with E-state index in [4.69, 9.17) is 4.74 Å². The van der Waals surface area contributed by atoms with Crippen LogP contribution in [0, 0.1) is 6.92 Å². The van der Waals surface area contributed by atoms with Gasteiger partial charge in [0.25, 0.3) is 0 Å². The lowest BCUT2D eigenvalue weighted by Gasteiger charge is -2.22. The van der Waals surface area contributed by atoms with Crippen molar-refractivity contribution in [3.63, 3.8) is 0 Å². The number of sulfonamides is 1. The first kappa shape index (κ1) is 21.4. The van der Waals surface area contributed by atoms with Gasteiger partial charge in [-0.15, -0.1) is 0 Å². The van der Waals surface area contributed by atoms with E-state index in [1.165, 1.54) is 10.6 Å². The summed E-state index contributed by atoms with van der Waals surface area (Å²) < 4.78 is 30.8. The molecule has 0 unspecified atom stereocenters. The lowest BCUT2D eigenvalue weighted by Crippen LogP contribution is -2.32. The molecule has 142 valence electrons. The fourth-order valence-corrected chi connectivity index (χ4v) is 3.25. The predicted octanol–water partition coefficient (Wildman–Crippen LogP) is 2.47. The van der Waals surface area contributed by atoms with Gasteiger partial charge in [0.1, 0.15) is 0 Å². The number of amides is 1. The number of carbonyl (C=O) groups excluding carboxylic acids is 1. The van der Waals surface area contributed by atoms with Gasteiger partial charge in [0.15, 0.2) is 0 Å². The van der Waals surface area contributed by atoms with Crippen LogP contribution in [0.4, 0.5) is 5.69 Å². The van der Waals surface area contributed by atoms with Crippen LogP contribution in [0.15, 0.2) is 24.3 Å². The van der Waals surface area contributed by atoms with Crippen LogP contribution in [0.3, 0.4) is 0 Å². The van der Waals surface area contributed by atoms with E-state index in [-0.39, 0.29) is 18.6 Å². The quantitative estimate of drug-likeness (QED) is 0.607. The van der Waals surface area contributed by atoms with Gasteiger partial charge in [0.05, 0.1) is 18.0 Å². The average molecular weight is 371 g/mol. The van der Waals surface area contributed by atoms with Gasteiger partial charge in [-0.1, -0.05) is 17.7 Å².